The Bertz CT molecular complexity index is 952. The van der Waals surface area contributed by atoms with Crippen molar-refractivity contribution >= 4 is 17.5 Å². The maximum absolute atomic E-state index is 13.3. The third-order valence-electron chi connectivity index (χ3n) is 4.43. The largest absolute Gasteiger partial charge is 0.354 e. The van der Waals surface area contributed by atoms with E-state index in [1.165, 1.54) is 37.1 Å². The van der Waals surface area contributed by atoms with Gasteiger partial charge in [-0.2, -0.15) is 0 Å². The molecule has 4 rings (SSSR count). The van der Waals surface area contributed by atoms with Crippen LogP contribution in [-0.2, 0) is 0 Å². The number of carbonyl (C=O) groups excluding carboxylic acids is 1. The van der Waals surface area contributed by atoms with Gasteiger partial charge in [-0.25, -0.2) is 24.3 Å². The van der Waals surface area contributed by atoms with Gasteiger partial charge in [0.1, 0.15) is 17.8 Å². The van der Waals surface area contributed by atoms with Gasteiger partial charge < -0.3 is 10.6 Å². The zero-order chi connectivity index (χ0) is 18.6. The van der Waals surface area contributed by atoms with Crippen molar-refractivity contribution < 1.29 is 9.18 Å². The second-order valence-corrected chi connectivity index (χ2v) is 6.38. The first kappa shape index (κ1) is 17.0. The lowest BCUT2D eigenvalue weighted by Gasteiger charge is -2.07. The molecule has 1 aromatic carbocycles. The molecule has 7 nitrogen and oxygen atoms in total. The molecule has 27 heavy (non-hydrogen) atoms. The number of amides is 1. The van der Waals surface area contributed by atoms with Gasteiger partial charge in [-0.1, -0.05) is 12.1 Å². The van der Waals surface area contributed by atoms with Crippen LogP contribution in [0, 0.1) is 11.7 Å². The van der Waals surface area contributed by atoms with Crippen molar-refractivity contribution in [2.75, 3.05) is 17.2 Å². The fraction of sp³-hybridized carbons (Fsp3) is 0.211. The lowest BCUT2D eigenvalue weighted by atomic mass is 10.1. The fourth-order valence-electron chi connectivity index (χ4n) is 2.97. The molecular weight excluding hydrogens is 347 g/mol. The molecule has 2 unspecified atom stereocenters. The second-order valence-electron chi connectivity index (χ2n) is 6.38. The van der Waals surface area contributed by atoms with E-state index >= 15 is 0 Å². The third kappa shape index (κ3) is 4.22. The number of hydrogen-bond donors (Lipinski definition) is 2. The maximum atomic E-state index is 13.3. The highest BCUT2D eigenvalue weighted by atomic mass is 19.1. The molecule has 1 fully saturated rings. The van der Waals surface area contributed by atoms with Crippen LogP contribution < -0.4 is 10.6 Å². The summed E-state index contributed by atoms with van der Waals surface area (Å²) < 4.78 is 13.3. The van der Waals surface area contributed by atoms with Gasteiger partial charge in [0.05, 0.1) is 18.1 Å². The molecule has 8 heteroatoms. The highest BCUT2D eigenvalue weighted by Gasteiger charge is 2.38. The lowest BCUT2D eigenvalue weighted by molar-refractivity contribution is 0.102. The molecule has 136 valence electrons. The van der Waals surface area contributed by atoms with Gasteiger partial charge in [-0.05, 0) is 42.0 Å². The van der Waals surface area contributed by atoms with Crippen molar-refractivity contribution in [3.63, 3.8) is 0 Å². The van der Waals surface area contributed by atoms with E-state index in [0.29, 0.717) is 30.0 Å². The van der Waals surface area contributed by atoms with E-state index in [-0.39, 0.29) is 17.4 Å². The predicted molar refractivity (Wildman–Crippen MR) is 97.8 cm³/mol. The molecule has 0 bridgehead atoms. The monoisotopic (exact) mass is 364 g/mol. The molecule has 1 amide bonds. The van der Waals surface area contributed by atoms with Crippen LogP contribution in [0.25, 0.3) is 0 Å². The molecule has 1 saturated carbocycles. The van der Waals surface area contributed by atoms with Gasteiger partial charge in [-0.15, -0.1) is 0 Å². The van der Waals surface area contributed by atoms with Gasteiger partial charge in [-0.3, -0.25) is 4.79 Å². The summed E-state index contributed by atoms with van der Waals surface area (Å²) in [6.07, 6.45) is 6.92. The zero-order valence-electron chi connectivity index (χ0n) is 14.3. The summed E-state index contributed by atoms with van der Waals surface area (Å²) in [5, 5.41) is 5.84. The van der Waals surface area contributed by atoms with Crippen molar-refractivity contribution in [1.82, 2.24) is 19.9 Å². The van der Waals surface area contributed by atoms with Gasteiger partial charge in [0.15, 0.2) is 0 Å². The number of carbonyl (C=O) groups is 1. The van der Waals surface area contributed by atoms with Crippen molar-refractivity contribution in [2.45, 2.75) is 12.3 Å². The molecule has 2 aromatic heterocycles. The molecule has 3 aromatic rings. The summed E-state index contributed by atoms with van der Waals surface area (Å²) in [5.74, 6) is 0.556. The van der Waals surface area contributed by atoms with Crippen LogP contribution >= 0.6 is 0 Å². The Morgan fingerprint density at radius 2 is 2.07 bits per heavy atom. The van der Waals surface area contributed by atoms with Crippen molar-refractivity contribution in [2.24, 2.45) is 5.92 Å². The van der Waals surface area contributed by atoms with Crippen molar-refractivity contribution in [1.29, 1.82) is 0 Å². The molecule has 0 spiro atoms. The molecule has 0 radical (unpaired) electrons. The summed E-state index contributed by atoms with van der Waals surface area (Å²) in [5.41, 5.74) is 1.75. The van der Waals surface area contributed by atoms with Gasteiger partial charge in [0.2, 0.25) is 5.95 Å². The predicted octanol–water partition coefficient (Wildman–Crippen LogP) is 2.87. The fourth-order valence-corrected chi connectivity index (χ4v) is 2.97. The number of hydrogen-bond acceptors (Lipinski definition) is 6. The van der Waals surface area contributed by atoms with E-state index in [4.69, 9.17) is 0 Å². The zero-order valence-corrected chi connectivity index (χ0v) is 14.3. The van der Waals surface area contributed by atoms with Crippen molar-refractivity contribution in [3.8, 4) is 0 Å². The number of aromatic nitrogens is 4. The Morgan fingerprint density at radius 1 is 1.22 bits per heavy atom. The van der Waals surface area contributed by atoms with E-state index in [1.807, 2.05) is 6.07 Å². The number of benzene rings is 1. The molecule has 0 saturated heterocycles. The van der Waals surface area contributed by atoms with Gasteiger partial charge >= 0.3 is 0 Å². The van der Waals surface area contributed by atoms with E-state index in [0.717, 1.165) is 12.0 Å². The molecular formula is C19H17FN6O. The van der Waals surface area contributed by atoms with Crippen LogP contribution in [0.1, 0.15) is 28.4 Å². The number of anilines is 2. The Kier molecular flexibility index (Phi) is 4.69. The first-order valence-electron chi connectivity index (χ1n) is 8.58. The molecule has 2 heterocycles. The number of nitrogens with one attached hydrogen (secondary N) is 2. The van der Waals surface area contributed by atoms with E-state index in [9.17, 15) is 9.18 Å². The number of rotatable bonds is 6. The van der Waals surface area contributed by atoms with Crippen LogP contribution in [0.15, 0.2) is 55.2 Å². The topological polar surface area (TPSA) is 92.7 Å². The third-order valence-corrected chi connectivity index (χ3v) is 4.43. The quantitative estimate of drug-likeness (QED) is 0.699. The van der Waals surface area contributed by atoms with Crippen LogP contribution in [0.5, 0.6) is 0 Å². The normalized spacial score (nSPS) is 18.0. The molecule has 0 aliphatic heterocycles. The molecule has 1 aliphatic carbocycles. The van der Waals surface area contributed by atoms with Gasteiger partial charge in [0, 0.05) is 12.7 Å². The highest BCUT2D eigenvalue weighted by Crippen LogP contribution is 2.47. The van der Waals surface area contributed by atoms with E-state index < -0.39 is 0 Å². The summed E-state index contributed by atoms with van der Waals surface area (Å²) in [6.45, 7) is 0.665. The lowest BCUT2D eigenvalue weighted by Crippen LogP contribution is -2.16. The minimum atomic E-state index is -0.362. The minimum Gasteiger partial charge on any atom is -0.354 e. The highest BCUT2D eigenvalue weighted by molar-refractivity contribution is 6.02. The van der Waals surface area contributed by atoms with Crippen LogP contribution in [0.3, 0.4) is 0 Å². The average molecular weight is 364 g/mol. The number of nitrogens with zero attached hydrogens (tertiary/aromatic N) is 4. The Balaban J connectivity index is 1.34. The summed E-state index contributed by atoms with van der Waals surface area (Å²) in [7, 11) is 0. The Labute approximate surface area is 155 Å². The van der Waals surface area contributed by atoms with E-state index in [2.05, 4.69) is 30.6 Å². The Hall–Kier alpha value is -3.42. The first-order valence-corrected chi connectivity index (χ1v) is 8.58. The van der Waals surface area contributed by atoms with Gasteiger partial charge in [0.25, 0.3) is 5.91 Å². The summed E-state index contributed by atoms with van der Waals surface area (Å²) in [4.78, 5) is 28.4. The molecule has 1 aliphatic rings. The second kappa shape index (κ2) is 7.45. The van der Waals surface area contributed by atoms with Crippen LogP contribution in [-0.4, -0.2) is 32.4 Å². The SMILES string of the molecule is O=C(Nc1cncnc1)c1ccnc(NCC2CC2c2cccc(F)c2)n1. The van der Waals surface area contributed by atoms with Crippen LogP contribution in [0.4, 0.5) is 16.0 Å². The van der Waals surface area contributed by atoms with Crippen LogP contribution in [0.2, 0.25) is 0 Å². The average Bonchev–Trinajstić information content (AvgIpc) is 3.47. The smallest absolute Gasteiger partial charge is 0.274 e. The summed E-state index contributed by atoms with van der Waals surface area (Å²) >= 11 is 0. The summed E-state index contributed by atoms with van der Waals surface area (Å²) in [6, 6.07) is 8.25. The van der Waals surface area contributed by atoms with E-state index in [1.54, 1.807) is 12.1 Å². The van der Waals surface area contributed by atoms with Crippen molar-refractivity contribution in [3.05, 3.63) is 72.3 Å². The Morgan fingerprint density at radius 3 is 2.89 bits per heavy atom. The minimum absolute atomic E-state index is 0.211. The first-order chi connectivity index (χ1) is 13.2. The molecule has 2 N–H and O–H groups in total. The standard InChI is InChI=1S/C19H17FN6O/c20-14-3-1-2-12(6-14)16-7-13(16)8-24-19-23-5-4-17(26-19)18(27)25-15-9-21-11-22-10-15/h1-6,9-11,13,16H,7-8H2,(H,25,27)(H,23,24,26). The molecule has 2 atom stereocenters. The number of halogens is 1. The maximum Gasteiger partial charge on any atom is 0.274 e.